The van der Waals surface area contributed by atoms with Gasteiger partial charge in [0.25, 0.3) is 0 Å². The second-order valence-corrected chi connectivity index (χ2v) is 9.90. The molecule has 0 spiro atoms. The van der Waals surface area contributed by atoms with Crippen molar-refractivity contribution in [3.05, 3.63) is 23.3 Å². The quantitative estimate of drug-likeness (QED) is 0.615. The lowest BCUT2D eigenvalue weighted by Crippen LogP contribution is -2.25. The zero-order chi connectivity index (χ0) is 19.7. The number of nitrogens with zero attached hydrogens (tertiary/aromatic N) is 5. The van der Waals surface area contributed by atoms with Crippen molar-refractivity contribution in [3.8, 4) is 0 Å². The minimum Gasteiger partial charge on any atom is -0.376 e. The smallest absolute Gasteiger partial charge is 0.227 e. The lowest BCUT2D eigenvalue weighted by Gasteiger charge is -2.19. The van der Waals surface area contributed by atoms with Gasteiger partial charge in [-0.15, -0.1) is 0 Å². The van der Waals surface area contributed by atoms with Gasteiger partial charge >= 0.3 is 0 Å². The Balaban J connectivity index is 1.55. The predicted molar refractivity (Wildman–Crippen MR) is 100 cm³/mol. The number of hydrogen-bond acceptors (Lipinski definition) is 8. The molecule has 1 atom stereocenters. The summed E-state index contributed by atoms with van der Waals surface area (Å²) in [6, 6.07) is 0. The molecule has 1 saturated heterocycles. The van der Waals surface area contributed by atoms with Gasteiger partial charge < -0.3 is 9.30 Å². The van der Waals surface area contributed by atoms with Crippen molar-refractivity contribution in [3.63, 3.8) is 0 Å². The molecule has 1 aliphatic carbocycles. The van der Waals surface area contributed by atoms with E-state index in [1.54, 1.807) is 6.20 Å². The summed E-state index contributed by atoms with van der Waals surface area (Å²) in [5.41, 5.74) is 2.39. The molecule has 9 nitrogen and oxygen atoms in total. The maximum Gasteiger partial charge on any atom is 0.227 e. The van der Waals surface area contributed by atoms with E-state index in [1.165, 1.54) is 0 Å². The molecule has 0 amide bonds. The first kappa shape index (κ1) is 19.5. The average molecular weight is 410 g/mol. The molecule has 2 aliphatic rings. The van der Waals surface area contributed by atoms with Gasteiger partial charge in [-0.2, -0.15) is 0 Å². The third kappa shape index (κ3) is 4.44. The summed E-state index contributed by atoms with van der Waals surface area (Å²) in [7, 11) is -1.45. The Hall–Kier alpha value is -1.78. The largest absolute Gasteiger partial charge is 0.376 e. The molecule has 0 radical (unpaired) electrons. The van der Waals surface area contributed by atoms with E-state index in [4.69, 9.17) is 9.37 Å². The van der Waals surface area contributed by atoms with Crippen LogP contribution in [0.15, 0.2) is 16.0 Å². The first-order valence-electron chi connectivity index (χ1n) is 9.77. The molecule has 2 aromatic rings. The number of ether oxygens (including phenoxy) is 1. The summed E-state index contributed by atoms with van der Waals surface area (Å²) >= 11 is 0. The minimum absolute atomic E-state index is 0.0371. The average Bonchev–Trinajstić information content (AvgIpc) is 3.00. The summed E-state index contributed by atoms with van der Waals surface area (Å²) in [6.07, 6.45) is 5.66. The first-order valence-corrected chi connectivity index (χ1v) is 11.4. The molecule has 10 heteroatoms. The molecule has 2 fully saturated rings. The third-order valence-electron chi connectivity index (χ3n) is 5.34. The van der Waals surface area contributed by atoms with Crippen LogP contribution in [0.2, 0.25) is 0 Å². The zero-order valence-electron chi connectivity index (χ0n) is 16.4. The highest BCUT2D eigenvalue weighted by Crippen LogP contribution is 2.32. The monoisotopic (exact) mass is 409 g/mol. The van der Waals surface area contributed by atoms with Crippen LogP contribution < -0.4 is 0 Å². The standard InChI is InChI=1S/C18H27N5O4S/c1-13-17(21-27-20-13)11-22(2)9-15-8-19-18(28(24,25)12-14-5-6-14)23(15)10-16-4-3-7-26-16/h8,14,16H,3-7,9-12H2,1-2H3/t16-/m0/s1. The van der Waals surface area contributed by atoms with Crippen molar-refractivity contribution >= 4 is 9.84 Å². The molecule has 0 N–H and O–H groups in total. The highest BCUT2D eigenvalue weighted by molar-refractivity contribution is 7.91. The molecule has 28 heavy (non-hydrogen) atoms. The predicted octanol–water partition coefficient (Wildman–Crippen LogP) is 1.57. The highest BCUT2D eigenvalue weighted by atomic mass is 32.2. The maximum atomic E-state index is 12.9. The molecule has 0 bridgehead atoms. The molecular formula is C18H27N5O4S. The Morgan fingerprint density at radius 1 is 1.25 bits per heavy atom. The molecule has 3 heterocycles. The fourth-order valence-electron chi connectivity index (χ4n) is 3.60. The lowest BCUT2D eigenvalue weighted by molar-refractivity contribution is 0.0934. The van der Waals surface area contributed by atoms with E-state index < -0.39 is 9.84 Å². The molecule has 2 aromatic heterocycles. The Kier molecular flexibility index (Phi) is 5.52. The minimum atomic E-state index is -3.40. The second kappa shape index (κ2) is 7.92. The number of hydrogen-bond donors (Lipinski definition) is 0. The van der Waals surface area contributed by atoms with Gasteiger partial charge in [-0.3, -0.25) is 4.90 Å². The van der Waals surface area contributed by atoms with Gasteiger partial charge in [0.2, 0.25) is 15.0 Å². The summed E-state index contributed by atoms with van der Waals surface area (Å²) in [5, 5.41) is 7.91. The molecule has 154 valence electrons. The Morgan fingerprint density at radius 2 is 2.07 bits per heavy atom. The summed E-state index contributed by atoms with van der Waals surface area (Å²) < 4.78 is 38.2. The van der Waals surface area contributed by atoms with Gasteiger partial charge in [-0.1, -0.05) is 10.3 Å². The fraction of sp³-hybridized carbons (Fsp3) is 0.722. The van der Waals surface area contributed by atoms with Crippen LogP contribution in [0.3, 0.4) is 0 Å². The van der Waals surface area contributed by atoms with Crippen molar-refractivity contribution in [1.29, 1.82) is 0 Å². The van der Waals surface area contributed by atoms with Crippen LogP contribution in [0.5, 0.6) is 0 Å². The summed E-state index contributed by atoms with van der Waals surface area (Å²) in [5.74, 6) is 0.473. The van der Waals surface area contributed by atoms with E-state index in [-0.39, 0.29) is 22.9 Å². The van der Waals surface area contributed by atoms with Gasteiger partial charge in [0.15, 0.2) is 0 Å². The van der Waals surface area contributed by atoms with Crippen LogP contribution in [-0.4, -0.2) is 58.7 Å². The normalized spacial score (nSPS) is 20.3. The van der Waals surface area contributed by atoms with Crippen molar-refractivity contribution in [2.45, 2.75) is 63.5 Å². The topological polar surface area (TPSA) is 103 Å². The Bertz CT molecular complexity index is 912. The first-order chi connectivity index (χ1) is 13.4. The Labute approximate surface area is 164 Å². The molecule has 4 rings (SSSR count). The van der Waals surface area contributed by atoms with Crippen LogP contribution in [0.25, 0.3) is 0 Å². The van der Waals surface area contributed by atoms with Crippen molar-refractivity contribution < 1.29 is 17.8 Å². The van der Waals surface area contributed by atoms with Crippen molar-refractivity contribution in [1.82, 2.24) is 24.8 Å². The molecule has 1 aliphatic heterocycles. The maximum absolute atomic E-state index is 12.9. The van der Waals surface area contributed by atoms with Gasteiger partial charge in [0.05, 0.1) is 30.3 Å². The van der Waals surface area contributed by atoms with Crippen LogP contribution in [0.4, 0.5) is 0 Å². The fourth-order valence-corrected chi connectivity index (χ4v) is 5.45. The van der Waals surface area contributed by atoms with Gasteiger partial charge in [-0.05, 0) is 45.6 Å². The third-order valence-corrected chi connectivity index (χ3v) is 7.13. The summed E-state index contributed by atoms with van der Waals surface area (Å²) in [4.78, 5) is 6.37. The lowest BCUT2D eigenvalue weighted by atomic mass is 10.2. The van der Waals surface area contributed by atoms with E-state index in [1.807, 2.05) is 23.4 Å². The van der Waals surface area contributed by atoms with E-state index in [0.717, 1.165) is 49.4 Å². The second-order valence-electron chi connectivity index (χ2n) is 7.97. The van der Waals surface area contributed by atoms with E-state index >= 15 is 0 Å². The number of imidazole rings is 1. The number of sulfone groups is 1. The number of rotatable bonds is 9. The Morgan fingerprint density at radius 3 is 2.71 bits per heavy atom. The van der Waals surface area contributed by atoms with Crippen LogP contribution >= 0.6 is 0 Å². The van der Waals surface area contributed by atoms with Gasteiger partial charge in [-0.25, -0.2) is 18.0 Å². The summed E-state index contributed by atoms with van der Waals surface area (Å²) in [6.45, 7) is 4.21. The van der Waals surface area contributed by atoms with Gasteiger partial charge in [0, 0.05) is 19.7 Å². The van der Waals surface area contributed by atoms with Gasteiger partial charge in [0.1, 0.15) is 11.4 Å². The van der Waals surface area contributed by atoms with Crippen LogP contribution in [-0.2, 0) is 34.2 Å². The van der Waals surface area contributed by atoms with E-state index in [0.29, 0.717) is 19.6 Å². The number of aryl methyl sites for hydroxylation is 1. The SMILES string of the molecule is Cc1nonc1CN(C)Cc1cnc(S(=O)(=O)CC2CC2)n1C[C@@H]1CCCO1. The van der Waals surface area contributed by atoms with Crippen molar-refractivity contribution in [2.24, 2.45) is 5.92 Å². The van der Waals surface area contributed by atoms with Crippen LogP contribution in [0.1, 0.15) is 42.8 Å². The molecule has 0 aromatic carbocycles. The van der Waals surface area contributed by atoms with Crippen molar-refractivity contribution in [2.75, 3.05) is 19.4 Å². The van der Waals surface area contributed by atoms with E-state index in [2.05, 4.69) is 15.3 Å². The molecule has 1 saturated carbocycles. The van der Waals surface area contributed by atoms with E-state index in [9.17, 15) is 8.42 Å². The highest BCUT2D eigenvalue weighted by Gasteiger charge is 2.33. The zero-order valence-corrected chi connectivity index (χ0v) is 17.2. The number of aromatic nitrogens is 4. The molecule has 0 unspecified atom stereocenters. The van der Waals surface area contributed by atoms with Crippen LogP contribution in [0, 0.1) is 12.8 Å². The molecular weight excluding hydrogens is 382 g/mol.